The number of rotatable bonds is 7. The standard InChI is InChI=1S/C16H23F3N4OS/c1-22-7-9-23(10-8-22)6-2-5-20-14(24)12-25-15-4-3-13(11-21-15)16(17,18)19/h3-4,11H,2,5-10,12H2,1H3,(H,20,24). The van der Waals surface area contributed by atoms with E-state index in [1.165, 1.54) is 6.07 Å². The maximum absolute atomic E-state index is 12.4. The van der Waals surface area contributed by atoms with Gasteiger partial charge >= 0.3 is 6.18 Å². The molecule has 0 aliphatic carbocycles. The van der Waals surface area contributed by atoms with E-state index in [4.69, 9.17) is 0 Å². The summed E-state index contributed by atoms with van der Waals surface area (Å²) >= 11 is 1.13. The third-order valence-corrected chi connectivity index (χ3v) is 4.93. The van der Waals surface area contributed by atoms with Crippen LogP contribution in [0.2, 0.25) is 0 Å². The smallest absolute Gasteiger partial charge is 0.355 e. The summed E-state index contributed by atoms with van der Waals surface area (Å²) in [6.45, 7) is 5.82. The highest BCUT2D eigenvalue weighted by atomic mass is 32.2. The molecular formula is C16H23F3N4OS. The van der Waals surface area contributed by atoms with Crippen molar-refractivity contribution in [3.05, 3.63) is 23.9 Å². The van der Waals surface area contributed by atoms with Crippen LogP contribution in [0.5, 0.6) is 0 Å². The number of hydrogen-bond acceptors (Lipinski definition) is 5. The molecule has 1 aromatic heterocycles. The van der Waals surface area contributed by atoms with Gasteiger partial charge in [0.05, 0.1) is 16.3 Å². The molecule has 5 nitrogen and oxygen atoms in total. The highest BCUT2D eigenvalue weighted by Crippen LogP contribution is 2.29. The number of likely N-dealkylation sites (N-methyl/N-ethyl adjacent to an activating group) is 1. The lowest BCUT2D eigenvalue weighted by Gasteiger charge is -2.32. The maximum Gasteiger partial charge on any atom is 0.417 e. The predicted molar refractivity (Wildman–Crippen MR) is 91.5 cm³/mol. The topological polar surface area (TPSA) is 48.5 Å². The molecule has 0 spiro atoms. The van der Waals surface area contributed by atoms with Crippen molar-refractivity contribution in [2.24, 2.45) is 0 Å². The molecule has 0 atom stereocenters. The highest BCUT2D eigenvalue weighted by molar-refractivity contribution is 7.99. The third kappa shape index (κ3) is 7.21. The lowest BCUT2D eigenvalue weighted by atomic mass is 10.3. The van der Waals surface area contributed by atoms with Gasteiger partial charge < -0.3 is 15.1 Å². The summed E-state index contributed by atoms with van der Waals surface area (Å²) in [5.74, 6) is 0.0115. The first-order chi connectivity index (χ1) is 11.8. The largest absolute Gasteiger partial charge is 0.417 e. The van der Waals surface area contributed by atoms with Crippen molar-refractivity contribution in [3.63, 3.8) is 0 Å². The van der Waals surface area contributed by atoms with Crippen molar-refractivity contribution in [2.45, 2.75) is 17.6 Å². The lowest BCUT2D eigenvalue weighted by Crippen LogP contribution is -2.45. The van der Waals surface area contributed by atoms with Crippen LogP contribution in [0, 0.1) is 0 Å². The Morgan fingerprint density at radius 2 is 2.00 bits per heavy atom. The number of carbonyl (C=O) groups excluding carboxylic acids is 1. The number of alkyl halides is 3. The summed E-state index contributed by atoms with van der Waals surface area (Å²) in [6.07, 6.45) is -2.72. The van der Waals surface area contributed by atoms with E-state index in [1.807, 2.05) is 0 Å². The highest BCUT2D eigenvalue weighted by Gasteiger charge is 2.30. The first kappa shape index (κ1) is 20.0. The van der Waals surface area contributed by atoms with Crippen molar-refractivity contribution in [1.82, 2.24) is 20.1 Å². The number of amides is 1. The van der Waals surface area contributed by atoms with E-state index in [0.717, 1.165) is 63.2 Å². The summed E-state index contributed by atoms with van der Waals surface area (Å²) in [4.78, 5) is 20.2. The Bertz CT molecular complexity index is 545. The van der Waals surface area contributed by atoms with Gasteiger partial charge in [0.1, 0.15) is 0 Å². The molecule has 1 N–H and O–H groups in total. The Labute approximate surface area is 150 Å². The summed E-state index contributed by atoms with van der Waals surface area (Å²) in [5, 5.41) is 3.24. The van der Waals surface area contributed by atoms with E-state index in [9.17, 15) is 18.0 Å². The molecule has 0 aromatic carbocycles. The van der Waals surface area contributed by atoms with Gasteiger partial charge in [-0.3, -0.25) is 4.79 Å². The number of thioether (sulfide) groups is 1. The number of halogens is 3. The number of aromatic nitrogens is 1. The second-order valence-corrected chi connectivity index (χ2v) is 7.02. The minimum absolute atomic E-state index is 0.134. The molecule has 0 radical (unpaired) electrons. The fourth-order valence-electron chi connectivity index (χ4n) is 2.43. The van der Waals surface area contributed by atoms with E-state index in [0.29, 0.717) is 11.6 Å². The lowest BCUT2D eigenvalue weighted by molar-refractivity contribution is -0.137. The second-order valence-electron chi connectivity index (χ2n) is 6.02. The van der Waals surface area contributed by atoms with Crippen LogP contribution >= 0.6 is 11.8 Å². The van der Waals surface area contributed by atoms with Gasteiger partial charge in [0.2, 0.25) is 5.91 Å². The minimum atomic E-state index is -4.39. The fraction of sp³-hybridized carbons (Fsp3) is 0.625. The van der Waals surface area contributed by atoms with Crippen LogP contribution in [0.15, 0.2) is 23.4 Å². The molecule has 1 amide bonds. The molecular weight excluding hydrogens is 353 g/mol. The summed E-state index contributed by atoms with van der Waals surface area (Å²) < 4.78 is 37.3. The molecule has 1 aromatic rings. The van der Waals surface area contributed by atoms with E-state index >= 15 is 0 Å². The number of nitrogens with one attached hydrogen (secondary N) is 1. The minimum Gasteiger partial charge on any atom is -0.355 e. The Kier molecular flexibility index (Phi) is 7.52. The second kappa shape index (κ2) is 9.40. The van der Waals surface area contributed by atoms with Crippen molar-refractivity contribution in [3.8, 4) is 0 Å². The third-order valence-electron chi connectivity index (χ3n) is 3.98. The molecule has 0 saturated carbocycles. The number of nitrogens with zero attached hydrogens (tertiary/aromatic N) is 3. The molecule has 9 heteroatoms. The zero-order chi connectivity index (χ0) is 18.3. The molecule has 25 heavy (non-hydrogen) atoms. The number of hydrogen-bond donors (Lipinski definition) is 1. The van der Waals surface area contributed by atoms with Gasteiger partial charge in [-0.25, -0.2) is 4.98 Å². The van der Waals surface area contributed by atoms with Crippen LogP contribution in [-0.4, -0.2) is 72.8 Å². The van der Waals surface area contributed by atoms with Crippen LogP contribution in [0.3, 0.4) is 0 Å². The first-order valence-electron chi connectivity index (χ1n) is 8.18. The molecule has 1 fully saturated rings. The molecule has 0 bridgehead atoms. The van der Waals surface area contributed by atoms with Crippen molar-refractivity contribution in [2.75, 3.05) is 52.1 Å². The molecule has 1 saturated heterocycles. The molecule has 1 aliphatic rings. The van der Waals surface area contributed by atoms with E-state index in [2.05, 4.69) is 27.1 Å². The first-order valence-corrected chi connectivity index (χ1v) is 9.17. The Morgan fingerprint density at radius 1 is 1.28 bits per heavy atom. The summed E-state index contributed by atoms with van der Waals surface area (Å²) in [7, 11) is 2.11. The number of pyridine rings is 1. The van der Waals surface area contributed by atoms with Crippen molar-refractivity contribution in [1.29, 1.82) is 0 Å². The summed E-state index contributed by atoms with van der Waals surface area (Å²) in [6, 6.07) is 2.26. The van der Waals surface area contributed by atoms with Crippen LogP contribution in [-0.2, 0) is 11.0 Å². The molecule has 2 heterocycles. The van der Waals surface area contributed by atoms with Gasteiger partial charge in [0.15, 0.2) is 0 Å². The van der Waals surface area contributed by atoms with Crippen LogP contribution in [0.1, 0.15) is 12.0 Å². The Balaban J connectivity index is 1.59. The van der Waals surface area contributed by atoms with Gasteiger partial charge in [-0.15, -0.1) is 0 Å². The van der Waals surface area contributed by atoms with Gasteiger partial charge in [-0.1, -0.05) is 11.8 Å². The van der Waals surface area contributed by atoms with Gasteiger partial charge in [0.25, 0.3) is 0 Å². The Morgan fingerprint density at radius 3 is 2.60 bits per heavy atom. The monoisotopic (exact) mass is 376 g/mol. The average Bonchev–Trinajstić information content (AvgIpc) is 2.58. The molecule has 140 valence electrons. The summed E-state index contributed by atoms with van der Waals surface area (Å²) in [5.41, 5.74) is -0.787. The SMILES string of the molecule is CN1CCN(CCCNC(=O)CSc2ccc(C(F)(F)F)cn2)CC1. The van der Waals surface area contributed by atoms with E-state index in [-0.39, 0.29) is 11.7 Å². The van der Waals surface area contributed by atoms with E-state index < -0.39 is 11.7 Å². The van der Waals surface area contributed by atoms with Gasteiger partial charge in [0, 0.05) is 38.9 Å². The Hall–Kier alpha value is -1.32. The van der Waals surface area contributed by atoms with Gasteiger partial charge in [-0.2, -0.15) is 13.2 Å². The fourth-order valence-corrected chi connectivity index (χ4v) is 3.10. The molecule has 2 rings (SSSR count). The molecule has 0 unspecified atom stereocenters. The zero-order valence-corrected chi connectivity index (χ0v) is 15.0. The van der Waals surface area contributed by atoms with E-state index in [1.54, 1.807) is 0 Å². The van der Waals surface area contributed by atoms with Crippen molar-refractivity contribution < 1.29 is 18.0 Å². The van der Waals surface area contributed by atoms with Gasteiger partial charge in [-0.05, 0) is 32.1 Å². The number of piperazine rings is 1. The van der Waals surface area contributed by atoms with Crippen LogP contribution in [0.25, 0.3) is 0 Å². The number of carbonyl (C=O) groups is 1. The zero-order valence-electron chi connectivity index (χ0n) is 14.2. The van der Waals surface area contributed by atoms with Crippen LogP contribution < -0.4 is 5.32 Å². The average molecular weight is 376 g/mol. The quantitative estimate of drug-likeness (QED) is 0.582. The van der Waals surface area contributed by atoms with Crippen molar-refractivity contribution >= 4 is 17.7 Å². The molecule has 1 aliphatic heterocycles. The maximum atomic E-state index is 12.4. The predicted octanol–water partition coefficient (Wildman–Crippen LogP) is 1.95. The van der Waals surface area contributed by atoms with Crippen LogP contribution in [0.4, 0.5) is 13.2 Å². The normalized spacial score (nSPS) is 16.8.